The van der Waals surface area contributed by atoms with Crippen LogP contribution < -0.4 is 11.1 Å². The summed E-state index contributed by atoms with van der Waals surface area (Å²) in [5.74, 6) is 3.14. The van der Waals surface area contributed by atoms with Crippen LogP contribution in [0.15, 0.2) is 0 Å². The first kappa shape index (κ1) is 19.5. The van der Waals surface area contributed by atoms with Crippen LogP contribution in [0.3, 0.4) is 0 Å². The van der Waals surface area contributed by atoms with Gasteiger partial charge in [-0.25, -0.2) is 0 Å². The van der Waals surface area contributed by atoms with Crippen molar-refractivity contribution in [2.24, 2.45) is 23.5 Å². The van der Waals surface area contributed by atoms with E-state index in [1.54, 1.807) is 0 Å². The highest BCUT2D eigenvalue weighted by atomic mass is 35.5. The lowest BCUT2D eigenvalue weighted by molar-refractivity contribution is -0.127. The first-order valence-corrected chi connectivity index (χ1v) is 8.68. The lowest BCUT2D eigenvalue weighted by Gasteiger charge is -2.26. The van der Waals surface area contributed by atoms with Crippen LogP contribution in [0.5, 0.6) is 0 Å². The number of fused-ring (bicyclic) bond motifs is 3. The number of amides is 1. The summed E-state index contributed by atoms with van der Waals surface area (Å²) in [6.07, 6.45) is 8.10. The molecule has 4 atom stereocenters. The van der Waals surface area contributed by atoms with Crippen molar-refractivity contribution in [3.8, 4) is 0 Å². The Morgan fingerprint density at radius 3 is 2.71 bits per heavy atom. The molecule has 1 aromatic rings. The fourth-order valence-electron chi connectivity index (χ4n) is 4.68. The summed E-state index contributed by atoms with van der Waals surface area (Å²) in [5.41, 5.74) is 6.25. The smallest absolute Gasteiger partial charge is 0.225 e. The fraction of sp³-hybridized carbons (Fsp3) is 0.812. The van der Waals surface area contributed by atoms with Gasteiger partial charge in [0.1, 0.15) is 5.82 Å². The Morgan fingerprint density at radius 2 is 1.96 bits per heavy atom. The number of carbonyl (C=O) groups excluding carboxylic acids is 1. The average molecular weight is 376 g/mol. The molecule has 2 saturated carbocycles. The van der Waals surface area contributed by atoms with Crippen LogP contribution in [0, 0.1) is 17.8 Å². The second kappa shape index (κ2) is 8.02. The van der Waals surface area contributed by atoms with Crippen molar-refractivity contribution >= 4 is 30.7 Å². The Balaban J connectivity index is 0.00000104. The van der Waals surface area contributed by atoms with Crippen molar-refractivity contribution in [3.05, 3.63) is 11.6 Å². The zero-order valence-corrected chi connectivity index (χ0v) is 15.5. The van der Waals surface area contributed by atoms with Crippen molar-refractivity contribution in [3.63, 3.8) is 0 Å². The van der Waals surface area contributed by atoms with E-state index in [9.17, 15) is 4.79 Å². The Morgan fingerprint density at radius 1 is 1.17 bits per heavy atom. The highest BCUT2D eigenvalue weighted by molar-refractivity contribution is 5.85. The lowest BCUT2D eigenvalue weighted by atomic mass is 9.84. The number of hydrogen-bond donors (Lipinski definition) is 2. The zero-order chi connectivity index (χ0) is 15.1. The van der Waals surface area contributed by atoms with Gasteiger partial charge in [-0.3, -0.25) is 4.79 Å². The molecule has 0 spiro atoms. The van der Waals surface area contributed by atoms with Crippen LogP contribution in [0.1, 0.15) is 50.2 Å². The molecule has 1 amide bonds. The van der Waals surface area contributed by atoms with Gasteiger partial charge in [0.2, 0.25) is 5.91 Å². The molecule has 0 radical (unpaired) electrons. The predicted octanol–water partition coefficient (Wildman–Crippen LogP) is 1.84. The molecule has 2 heterocycles. The Kier molecular flexibility index (Phi) is 6.51. The Hall–Kier alpha value is -0.850. The number of nitrogens with one attached hydrogen (secondary N) is 1. The molecule has 24 heavy (non-hydrogen) atoms. The molecule has 2 fully saturated rings. The first-order chi connectivity index (χ1) is 10.7. The van der Waals surface area contributed by atoms with Gasteiger partial charge in [-0.1, -0.05) is 6.42 Å². The van der Waals surface area contributed by atoms with Crippen molar-refractivity contribution in [1.82, 2.24) is 20.1 Å². The van der Waals surface area contributed by atoms with Crippen LogP contribution in [-0.2, 0) is 24.3 Å². The number of nitrogens with zero attached hydrogens (tertiary/aromatic N) is 3. The van der Waals surface area contributed by atoms with E-state index in [1.165, 1.54) is 25.7 Å². The van der Waals surface area contributed by atoms with Gasteiger partial charge in [-0.2, -0.15) is 0 Å². The molecule has 3 N–H and O–H groups in total. The third-order valence-corrected chi connectivity index (χ3v) is 5.89. The highest BCUT2D eigenvalue weighted by Crippen LogP contribution is 2.47. The molecule has 6 nitrogen and oxygen atoms in total. The normalized spacial score (nSPS) is 30.7. The minimum Gasteiger partial charge on any atom is -0.348 e. The molecule has 4 rings (SSSR count). The van der Waals surface area contributed by atoms with Crippen LogP contribution >= 0.6 is 24.8 Å². The summed E-state index contributed by atoms with van der Waals surface area (Å²) in [6.45, 7) is 1.45. The fourth-order valence-corrected chi connectivity index (χ4v) is 4.68. The highest BCUT2D eigenvalue weighted by Gasteiger charge is 2.48. The number of rotatable bonds is 3. The van der Waals surface area contributed by atoms with Gasteiger partial charge in [0, 0.05) is 19.0 Å². The molecule has 3 aliphatic rings. The van der Waals surface area contributed by atoms with E-state index in [0.717, 1.165) is 37.5 Å². The molecular formula is C16H27Cl2N5O. The van der Waals surface area contributed by atoms with E-state index >= 15 is 0 Å². The van der Waals surface area contributed by atoms with Gasteiger partial charge in [-0.15, -0.1) is 35.0 Å². The topological polar surface area (TPSA) is 85.8 Å². The van der Waals surface area contributed by atoms with Crippen molar-refractivity contribution in [1.29, 1.82) is 0 Å². The maximum absolute atomic E-state index is 12.5. The van der Waals surface area contributed by atoms with Crippen molar-refractivity contribution in [2.75, 3.05) is 0 Å². The first-order valence-electron chi connectivity index (χ1n) is 8.68. The number of halogens is 2. The minimum atomic E-state index is 0. The quantitative estimate of drug-likeness (QED) is 0.843. The second-order valence-corrected chi connectivity index (χ2v) is 7.15. The largest absolute Gasteiger partial charge is 0.348 e. The number of nitrogens with two attached hydrogens (primary N) is 1. The van der Waals surface area contributed by atoms with Gasteiger partial charge < -0.3 is 15.6 Å². The summed E-state index contributed by atoms with van der Waals surface area (Å²) in [7, 11) is 0. The molecule has 1 aromatic heterocycles. The summed E-state index contributed by atoms with van der Waals surface area (Å²) in [5, 5.41) is 11.6. The van der Waals surface area contributed by atoms with Gasteiger partial charge in [0.25, 0.3) is 0 Å². The van der Waals surface area contributed by atoms with Crippen LogP contribution in [0.4, 0.5) is 0 Å². The van der Waals surface area contributed by atoms with E-state index in [0.29, 0.717) is 18.4 Å². The SMILES string of the molecule is Cl.Cl.NC1C2CCC(C2)C1C(=O)NCc1nnc2n1CCCCC2. The molecule has 136 valence electrons. The molecule has 0 aromatic carbocycles. The number of hydrogen-bond acceptors (Lipinski definition) is 4. The molecular weight excluding hydrogens is 349 g/mol. The van der Waals surface area contributed by atoms with Gasteiger partial charge in [0.05, 0.1) is 12.5 Å². The number of aromatic nitrogens is 3. The minimum absolute atomic E-state index is 0. The number of carbonyl (C=O) groups is 1. The van der Waals surface area contributed by atoms with Crippen LogP contribution in [0.25, 0.3) is 0 Å². The predicted molar refractivity (Wildman–Crippen MR) is 96.2 cm³/mol. The Labute approximate surface area is 155 Å². The third kappa shape index (κ3) is 3.41. The summed E-state index contributed by atoms with van der Waals surface area (Å²) in [4.78, 5) is 12.5. The van der Waals surface area contributed by atoms with E-state index in [1.807, 2.05) is 0 Å². The molecule has 4 unspecified atom stereocenters. The van der Waals surface area contributed by atoms with Crippen molar-refractivity contribution in [2.45, 2.75) is 64.1 Å². The molecule has 1 aliphatic heterocycles. The van der Waals surface area contributed by atoms with Gasteiger partial charge >= 0.3 is 0 Å². The molecule has 2 aliphatic carbocycles. The molecule has 2 bridgehead atoms. The van der Waals surface area contributed by atoms with Gasteiger partial charge in [-0.05, 0) is 43.9 Å². The monoisotopic (exact) mass is 375 g/mol. The van der Waals surface area contributed by atoms with E-state index in [2.05, 4.69) is 20.1 Å². The molecule has 0 saturated heterocycles. The zero-order valence-electron chi connectivity index (χ0n) is 13.8. The molecule has 8 heteroatoms. The maximum Gasteiger partial charge on any atom is 0.225 e. The summed E-state index contributed by atoms with van der Waals surface area (Å²) >= 11 is 0. The van der Waals surface area contributed by atoms with E-state index < -0.39 is 0 Å². The average Bonchev–Trinajstić information content (AvgIpc) is 3.16. The van der Waals surface area contributed by atoms with E-state index in [4.69, 9.17) is 5.73 Å². The Bertz CT molecular complexity index is 577. The standard InChI is InChI=1S/C16H25N5O.2ClH/c17-15-11-6-5-10(8-11)14(15)16(22)18-9-13-20-19-12-4-2-1-3-7-21(12)13;;/h10-11,14-15H,1-9,17H2,(H,18,22);2*1H. The maximum atomic E-state index is 12.5. The number of aryl methyl sites for hydroxylation is 1. The van der Waals surface area contributed by atoms with Crippen LogP contribution in [-0.4, -0.2) is 26.7 Å². The van der Waals surface area contributed by atoms with Gasteiger partial charge in [0.15, 0.2) is 5.82 Å². The second-order valence-electron chi connectivity index (χ2n) is 7.15. The third-order valence-electron chi connectivity index (χ3n) is 5.89. The summed E-state index contributed by atoms with van der Waals surface area (Å²) in [6, 6.07) is 0.0502. The van der Waals surface area contributed by atoms with Crippen LogP contribution in [0.2, 0.25) is 0 Å². The van der Waals surface area contributed by atoms with Crippen molar-refractivity contribution < 1.29 is 4.79 Å². The van der Waals surface area contributed by atoms with E-state index in [-0.39, 0.29) is 42.7 Å². The summed E-state index contributed by atoms with van der Waals surface area (Å²) < 4.78 is 2.19. The lowest BCUT2D eigenvalue weighted by Crippen LogP contribution is -2.45.